The third-order valence-corrected chi connectivity index (χ3v) is 5.68. The molecular formula is C25H37N5O4. The van der Waals surface area contributed by atoms with Crippen LogP contribution in [0.1, 0.15) is 46.7 Å². The number of para-hydroxylation sites is 1. The Morgan fingerprint density at radius 3 is 2.26 bits per heavy atom. The zero-order valence-corrected chi connectivity index (χ0v) is 20.8. The van der Waals surface area contributed by atoms with Gasteiger partial charge in [0, 0.05) is 19.0 Å². The van der Waals surface area contributed by atoms with E-state index in [-0.39, 0.29) is 18.4 Å². The van der Waals surface area contributed by atoms with Gasteiger partial charge in [0.05, 0.1) is 17.1 Å². The number of hydroxylamine groups is 1. The predicted molar refractivity (Wildman–Crippen MR) is 131 cm³/mol. The van der Waals surface area contributed by atoms with Crippen LogP contribution in [-0.2, 0) is 20.9 Å². The molecule has 9 heteroatoms. The van der Waals surface area contributed by atoms with Gasteiger partial charge in [-0.1, -0.05) is 58.9 Å². The Kier molecular flexibility index (Phi) is 9.52. The molecule has 1 aromatic carbocycles. The van der Waals surface area contributed by atoms with Gasteiger partial charge < -0.3 is 10.6 Å². The topological polar surface area (TPSA) is 132 Å². The number of amides is 3. The van der Waals surface area contributed by atoms with Crippen molar-refractivity contribution < 1.29 is 19.6 Å². The van der Waals surface area contributed by atoms with E-state index in [2.05, 4.69) is 20.9 Å². The number of hydrogen-bond donors (Lipinski definition) is 5. The summed E-state index contributed by atoms with van der Waals surface area (Å²) in [6.07, 6.45) is 0.368. The van der Waals surface area contributed by atoms with Gasteiger partial charge in [-0.15, -0.1) is 0 Å². The number of carbonyl (C=O) groups excluding carboxylic acids is 3. The summed E-state index contributed by atoms with van der Waals surface area (Å²) in [6.45, 7) is 9.66. The summed E-state index contributed by atoms with van der Waals surface area (Å²) in [5.74, 6) is -2.24. The summed E-state index contributed by atoms with van der Waals surface area (Å²) in [7, 11) is 1.51. The van der Waals surface area contributed by atoms with Crippen LogP contribution in [-0.4, -0.2) is 47.0 Å². The third-order valence-electron chi connectivity index (χ3n) is 5.68. The Balaban J connectivity index is 2.30. The second-order valence-corrected chi connectivity index (χ2v) is 9.99. The number of carbonyl (C=O) groups is 3. The molecule has 0 aliphatic carbocycles. The first-order valence-electron chi connectivity index (χ1n) is 11.5. The molecule has 1 heterocycles. The molecule has 0 saturated carbocycles. The number of likely N-dealkylation sites (N-methyl/N-ethyl adjacent to an activating group) is 1. The van der Waals surface area contributed by atoms with Crippen molar-refractivity contribution in [3.8, 4) is 0 Å². The zero-order valence-electron chi connectivity index (χ0n) is 20.8. The number of aromatic nitrogens is 1. The highest BCUT2D eigenvalue weighted by Crippen LogP contribution is 2.23. The molecule has 9 nitrogen and oxygen atoms in total. The van der Waals surface area contributed by atoms with E-state index >= 15 is 0 Å². The smallest absolute Gasteiger partial charge is 0.261 e. The summed E-state index contributed by atoms with van der Waals surface area (Å²) in [5, 5.41) is 18.9. The molecule has 2 rings (SSSR count). The highest BCUT2D eigenvalue weighted by atomic mass is 16.5. The minimum atomic E-state index is -1.04. The van der Waals surface area contributed by atoms with Crippen molar-refractivity contribution >= 4 is 28.6 Å². The molecule has 0 fully saturated rings. The normalized spacial score (nSPS) is 14.4. The van der Waals surface area contributed by atoms with Gasteiger partial charge in [0.15, 0.2) is 0 Å². The van der Waals surface area contributed by atoms with Crippen molar-refractivity contribution in [1.82, 2.24) is 26.4 Å². The van der Waals surface area contributed by atoms with Crippen molar-refractivity contribution in [2.24, 2.45) is 17.3 Å². The summed E-state index contributed by atoms with van der Waals surface area (Å²) in [5.41, 5.74) is 2.64. The number of nitrogens with one attached hydrogen (secondary N) is 4. The Morgan fingerprint density at radius 1 is 1.00 bits per heavy atom. The maximum atomic E-state index is 13.4. The maximum Gasteiger partial charge on any atom is 0.261 e. The maximum absolute atomic E-state index is 13.4. The highest BCUT2D eigenvalue weighted by Gasteiger charge is 2.38. The van der Waals surface area contributed by atoms with E-state index in [9.17, 15) is 19.6 Å². The number of fused-ring (bicyclic) bond motifs is 1. The first kappa shape index (κ1) is 27.2. The van der Waals surface area contributed by atoms with Crippen LogP contribution in [0.15, 0.2) is 36.4 Å². The van der Waals surface area contributed by atoms with E-state index in [1.165, 1.54) is 7.05 Å². The molecule has 0 bridgehead atoms. The first-order chi connectivity index (χ1) is 16.0. The molecule has 3 atom stereocenters. The number of rotatable bonds is 10. The molecule has 2 aromatic rings. The molecule has 0 unspecified atom stereocenters. The first-order valence-corrected chi connectivity index (χ1v) is 11.5. The second-order valence-electron chi connectivity index (χ2n) is 9.99. The third kappa shape index (κ3) is 7.23. The van der Waals surface area contributed by atoms with E-state index in [0.29, 0.717) is 12.1 Å². The number of hydrogen-bond acceptors (Lipinski definition) is 6. The molecule has 0 saturated heterocycles. The van der Waals surface area contributed by atoms with Gasteiger partial charge in [0.2, 0.25) is 11.8 Å². The van der Waals surface area contributed by atoms with Crippen molar-refractivity contribution in [2.45, 2.75) is 59.7 Å². The number of nitrogens with zero attached hydrogens (tertiary/aromatic N) is 1. The van der Waals surface area contributed by atoms with E-state index in [0.717, 1.165) is 10.9 Å². The lowest BCUT2D eigenvalue weighted by molar-refractivity contribution is -0.140. The highest BCUT2D eigenvalue weighted by molar-refractivity contribution is 5.93. The summed E-state index contributed by atoms with van der Waals surface area (Å²) >= 11 is 0. The average Bonchev–Trinajstić information content (AvgIpc) is 2.79. The largest absolute Gasteiger partial charge is 0.357 e. The van der Waals surface area contributed by atoms with E-state index in [4.69, 9.17) is 0 Å². The van der Waals surface area contributed by atoms with E-state index in [1.54, 1.807) is 5.48 Å². The summed E-state index contributed by atoms with van der Waals surface area (Å²) in [6, 6.07) is 9.65. The second kappa shape index (κ2) is 11.9. The molecule has 0 aliphatic heterocycles. The Morgan fingerprint density at radius 2 is 1.68 bits per heavy atom. The lowest BCUT2D eigenvalue weighted by Crippen LogP contribution is -2.58. The van der Waals surface area contributed by atoms with Crippen molar-refractivity contribution in [3.63, 3.8) is 0 Å². The minimum absolute atomic E-state index is 0.0819. The van der Waals surface area contributed by atoms with Gasteiger partial charge in [-0.2, -0.15) is 0 Å². The lowest BCUT2D eigenvalue weighted by atomic mass is 9.84. The molecule has 1 aromatic heterocycles. The molecular weight excluding hydrogens is 434 g/mol. The van der Waals surface area contributed by atoms with Crippen LogP contribution in [0.25, 0.3) is 10.9 Å². The van der Waals surface area contributed by atoms with Gasteiger partial charge in [0.25, 0.3) is 5.91 Å². The van der Waals surface area contributed by atoms with Gasteiger partial charge in [-0.25, -0.2) is 5.48 Å². The summed E-state index contributed by atoms with van der Waals surface area (Å²) < 4.78 is 0. The van der Waals surface area contributed by atoms with Crippen LogP contribution in [0.4, 0.5) is 0 Å². The van der Waals surface area contributed by atoms with Crippen molar-refractivity contribution in [3.05, 3.63) is 42.1 Å². The summed E-state index contributed by atoms with van der Waals surface area (Å²) in [4.78, 5) is 43.1. The van der Waals surface area contributed by atoms with Crippen LogP contribution in [0, 0.1) is 17.3 Å². The molecule has 5 N–H and O–H groups in total. The van der Waals surface area contributed by atoms with Crippen LogP contribution in [0.3, 0.4) is 0 Å². The molecule has 0 aliphatic rings. The molecule has 0 radical (unpaired) electrons. The number of benzene rings is 1. The van der Waals surface area contributed by atoms with Crippen LogP contribution < -0.4 is 21.4 Å². The van der Waals surface area contributed by atoms with Crippen molar-refractivity contribution in [2.75, 3.05) is 7.05 Å². The fourth-order valence-electron chi connectivity index (χ4n) is 3.88. The van der Waals surface area contributed by atoms with Gasteiger partial charge in [-0.05, 0) is 29.9 Å². The Hall–Kier alpha value is -3.04. The zero-order chi connectivity index (χ0) is 25.5. The monoisotopic (exact) mass is 471 g/mol. The Bertz CT molecular complexity index is 1000. The fraction of sp³-hybridized carbons (Fsp3) is 0.520. The fourth-order valence-corrected chi connectivity index (χ4v) is 3.88. The van der Waals surface area contributed by atoms with Crippen molar-refractivity contribution in [1.29, 1.82) is 0 Å². The standard InChI is InChI=1S/C25H37N5O4/c1-15(2)13-18(22(31)29-21(24(33)26-6)25(3,4)5)20(23(32)30-34)27-14-17-12-11-16-9-7-8-10-19(16)28-17/h7-12,15,18,20-21,27,34H,13-14H2,1-6H3,(H,26,33)(H,29,31)(H,30,32)/t18-,20+,21-/m1/s1. The van der Waals surface area contributed by atoms with Gasteiger partial charge in [-0.3, -0.25) is 29.9 Å². The molecule has 3 amide bonds. The molecule has 186 valence electrons. The van der Waals surface area contributed by atoms with Crippen LogP contribution in [0.5, 0.6) is 0 Å². The molecule has 34 heavy (non-hydrogen) atoms. The van der Waals surface area contributed by atoms with E-state index < -0.39 is 35.2 Å². The predicted octanol–water partition coefficient (Wildman–Crippen LogP) is 2.14. The van der Waals surface area contributed by atoms with Gasteiger partial charge >= 0.3 is 0 Å². The van der Waals surface area contributed by atoms with Crippen LogP contribution in [0.2, 0.25) is 0 Å². The minimum Gasteiger partial charge on any atom is -0.357 e. The van der Waals surface area contributed by atoms with Gasteiger partial charge in [0.1, 0.15) is 12.1 Å². The van der Waals surface area contributed by atoms with E-state index in [1.807, 2.05) is 71.0 Å². The lowest BCUT2D eigenvalue weighted by Gasteiger charge is -2.33. The Labute approximate surface area is 201 Å². The quantitative estimate of drug-likeness (QED) is 0.266. The number of pyridine rings is 1. The van der Waals surface area contributed by atoms with Crippen LogP contribution >= 0.6 is 0 Å². The molecule has 0 spiro atoms. The average molecular weight is 472 g/mol. The SMILES string of the molecule is CNC(=O)[C@@H](NC(=O)[C@H](CC(C)C)[C@H](NCc1ccc2ccccc2n1)C(=O)NO)C(C)(C)C.